The summed E-state index contributed by atoms with van der Waals surface area (Å²) in [6.07, 6.45) is 3.07. The molecule has 3 nitrogen and oxygen atoms in total. The second kappa shape index (κ2) is 3.62. The first-order valence-electron chi connectivity index (χ1n) is 4.59. The molecular formula is C8H15BrN2O. The molecule has 1 unspecified atom stereocenters. The van der Waals surface area contributed by atoms with Gasteiger partial charge >= 0.3 is 0 Å². The third kappa shape index (κ3) is 1.99. The van der Waals surface area contributed by atoms with E-state index in [1.165, 1.54) is 6.42 Å². The largest absolute Gasteiger partial charge is 0.393 e. The summed E-state index contributed by atoms with van der Waals surface area (Å²) in [5, 5.41) is 12.6. The van der Waals surface area contributed by atoms with E-state index in [0.29, 0.717) is 12.1 Å². The van der Waals surface area contributed by atoms with Crippen LogP contribution in [0.25, 0.3) is 0 Å². The van der Waals surface area contributed by atoms with Crippen LogP contribution in [0.15, 0.2) is 0 Å². The molecule has 2 aliphatic rings. The van der Waals surface area contributed by atoms with Crippen LogP contribution in [0.2, 0.25) is 0 Å². The van der Waals surface area contributed by atoms with Crippen LogP contribution < -0.4 is 5.32 Å². The van der Waals surface area contributed by atoms with E-state index >= 15 is 0 Å². The van der Waals surface area contributed by atoms with Crippen molar-refractivity contribution in [3.05, 3.63) is 0 Å². The highest BCUT2D eigenvalue weighted by molar-refractivity contribution is 9.07. The van der Waals surface area contributed by atoms with Crippen LogP contribution in [0.5, 0.6) is 0 Å². The highest BCUT2D eigenvalue weighted by Crippen LogP contribution is 2.22. The zero-order chi connectivity index (χ0) is 8.55. The summed E-state index contributed by atoms with van der Waals surface area (Å²) in [5.74, 6) is 0. The van der Waals surface area contributed by atoms with Gasteiger partial charge in [0.2, 0.25) is 0 Å². The van der Waals surface area contributed by atoms with Gasteiger partial charge in [0, 0.05) is 41.3 Å². The Labute approximate surface area is 81.5 Å². The van der Waals surface area contributed by atoms with Crippen molar-refractivity contribution in [2.75, 3.05) is 13.1 Å². The number of nitrogens with zero attached hydrogens (tertiary/aromatic N) is 1. The number of hydrogen-bond acceptors (Lipinski definition) is 3. The summed E-state index contributed by atoms with van der Waals surface area (Å²) in [5.41, 5.74) is 0. The van der Waals surface area contributed by atoms with Crippen LogP contribution >= 0.6 is 16.1 Å². The highest BCUT2D eigenvalue weighted by Gasteiger charge is 2.30. The molecule has 2 N–H and O–H groups in total. The lowest BCUT2D eigenvalue weighted by molar-refractivity contribution is 0.0585. The lowest BCUT2D eigenvalue weighted by atomic mass is 9.89. The van der Waals surface area contributed by atoms with E-state index < -0.39 is 0 Å². The fourth-order valence-electron chi connectivity index (χ4n) is 1.91. The van der Waals surface area contributed by atoms with E-state index in [1.807, 2.05) is 0 Å². The Morgan fingerprint density at radius 1 is 1.33 bits per heavy atom. The maximum atomic E-state index is 9.08. The van der Waals surface area contributed by atoms with E-state index in [-0.39, 0.29) is 6.10 Å². The van der Waals surface area contributed by atoms with Crippen molar-refractivity contribution in [2.45, 2.75) is 37.5 Å². The summed E-state index contributed by atoms with van der Waals surface area (Å²) in [6, 6.07) is 1.20. The van der Waals surface area contributed by atoms with Crippen LogP contribution in [0.3, 0.4) is 0 Å². The standard InChI is InChI=1S/C8H15BrN2O/c9-11-2-1-6(5-11)10-7-3-8(12)4-7/h6-8,10,12H,1-5H2. The van der Waals surface area contributed by atoms with Crippen LogP contribution in [0.1, 0.15) is 19.3 Å². The molecule has 2 rings (SSSR count). The highest BCUT2D eigenvalue weighted by atomic mass is 79.9. The summed E-state index contributed by atoms with van der Waals surface area (Å²) in [7, 11) is 0. The maximum absolute atomic E-state index is 9.08. The Morgan fingerprint density at radius 2 is 2.08 bits per heavy atom. The van der Waals surface area contributed by atoms with E-state index in [2.05, 4.69) is 25.4 Å². The number of hydrogen-bond donors (Lipinski definition) is 2. The Morgan fingerprint density at radius 3 is 2.58 bits per heavy atom. The lowest BCUT2D eigenvalue weighted by Gasteiger charge is -2.34. The van der Waals surface area contributed by atoms with Gasteiger partial charge in [-0.05, 0) is 19.3 Å². The molecule has 0 aromatic rings. The normalized spacial score (nSPS) is 43.0. The predicted molar refractivity (Wildman–Crippen MR) is 51.1 cm³/mol. The number of halogens is 1. The average Bonchev–Trinajstić information content (AvgIpc) is 2.33. The van der Waals surface area contributed by atoms with Crippen molar-refractivity contribution in [1.82, 2.24) is 9.24 Å². The summed E-state index contributed by atoms with van der Waals surface area (Å²) >= 11 is 3.46. The molecule has 1 aliphatic carbocycles. The lowest BCUT2D eigenvalue weighted by Crippen LogP contribution is -2.49. The van der Waals surface area contributed by atoms with Gasteiger partial charge < -0.3 is 10.4 Å². The minimum absolute atomic E-state index is 0.0380. The topological polar surface area (TPSA) is 35.5 Å². The van der Waals surface area contributed by atoms with E-state index in [1.54, 1.807) is 0 Å². The fraction of sp³-hybridized carbons (Fsp3) is 1.00. The van der Waals surface area contributed by atoms with E-state index in [4.69, 9.17) is 5.11 Å². The summed E-state index contributed by atoms with van der Waals surface area (Å²) in [4.78, 5) is 0. The molecule has 4 heteroatoms. The van der Waals surface area contributed by atoms with Gasteiger partial charge in [-0.1, -0.05) is 0 Å². The fourth-order valence-corrected chi connectivity index (χ4v) is 2.47. The van der Waals surface area contributed by atoms with Gasteiger partial charge in [0.15, 0.2) is 0 Å². The quantitative estimate of drug-likeness (QED) is 0.683. The first-order chi connectivity index (χ1) is 5.74. The Hall–Kier alpha value is 0.360. The van der Waals surface area contributed by atoms with Gasteiger partial charge in [0.1, 0.15) is 0 Å². The summed E-state index contributed by atoms with van der Waals surface area (Å²) < 4.78 is 2.17. The second-order valence-electron chi connectivity index (χ2n) is 3.84. The predicted octanol–water partition coefficient (Wildman–Crippen LogP) is 0.483. The van der Waals surface area contributed by atoms with Crippen LogP contribution in [-0.2, 0) is 0 Å². The molecule has 0 amide bonds. The third-order valence-corrected chi connectivity index (χ3v) is 3.37. The molecule has 1 saturated heterocycles. The van der Waals surface area contributed by atoms with Gasteiger partial charge in [-0.3, -0.25) is 0 Å². The molecule has 12 heavy (non-hydrogen) atoms. The van der Waals surface area contributed by atoms with Crippen LogP contribution in [0, 0.1) is 0 Å². The first kappa shape index (κ1) is 8.94. The van der Waals surface area contributed by atoms with Gasteiger partial charge in [-0.25, -0.2) is 3.93 Å². The van der Waals surface area contributed by atoms with Crippen molar-refractivity contribution in [2.24, 2.45) is 0 Å². The Bertz CT molecular complexity index is 161. The van der Waals surface area contributed by atoms with Gasteiger partial charge in [-0.15, -0.1) is 0 Å². The molecule has 0 aromatic carbocycles. The van der Waals surface area contributed by atoms with Gasteiger partial charge in [0.05, 0.1) is 6.10 Å². The molecule has 0 radical (unpaired) electrons. The molecular weight excluding hydrogens is 220 g/mol. The second-order valence-corrected chi connectivity index (χ2v) is 4.85. The zero-order valence-electron chi connectivity index (χ0n) is 7.04. The third-order valence-electron chi connectivity index (χ3n) is 2.72. The number of aliphatic hydroxyl groups excluding tert-OH is 1. The first-order valence-corrected chi connectivity index (χ1v) is 5.30. The van der Waals surface area contributed by atoms with Crippen molar-refractivity contribution in [3.63, 3.8) is 0 Å². The molecule has 70 valence electrons. The molecule has 1 saturated carbocycles. The summed E-state index contributed by atoms with van der Waals surface area (Å²) in [6.45, 7) is 2.22. The van der Waals surface area contributed by atoms with Crippen molar-refractivity contribution < 1.29 is 5.11 Å². The molecule has 1 atom stereocenters. The Kier molecular flexibility index (Phi) is 2.69. The van der Waals surface area contributed by atoms with Gasteiger partial charge in [-0.2, -0.15) is 0 Å². The molecule has 0 spiro atoms. The van der Waals surface area contributed by atoms with Crippen LogP contribution in [-0.4, -0.2) is 40.3 Å². The van der Waals surface area contributed by atoms with Crippen molar-refractivity contribution in [1.29, 1.82) is 0 Å². The van der Waals surface area contributed by atoms with Crippen LogP contribution in [0.4, 0.5) is 0 Å². The van der Waals surface area contributed by atoms with E-state index in [9.17, 15) is 0 Å². The SMILES string of the molecule is OC1CC(NC2CCN(Br)C2)C1. The molecule has 2 fully saturated rings. The molecule has 1 aliphatic heterocycles. The van der Waals surface area contributed by atoms with Crippen molar-refractivity contribution >= 4 is 16.1 Å². The molecule has 1 heterocycles. The number of nitrogens with one attached hydrogen (secondary N) is 1. The zero-order valence-corrected chi connectivity index (χ0v) is 8.63. The monoisotopic (exact) mass is 234 g/mol. The molecule has 0 bridgehead atoms. The maximum Gasteiger partial charge on any atom is 0.0570 e. The Balaban J connectivity index is 1.67. The van der Waals surface area contributed by atoms with E-state index in [0.717, 1.165) is 25.9 Å². The average molecular weight is 235 g/mol. The minimum atomic E-state index is -0.0380. The van der Waals surface area contributed by atoms with Crippen molar-refractivity contribution in [3.8, 4) is 0 Å². The number of rotatable bonds is 2. The number of aliphatic hydroxyl groups is 1. The van der Waals surface area contributed by atoms with Gasteiger partial charge in [0.25, 0.3) is 0 Å². The molecule has 0 aromatic heterocycles. The smallest absolute Gasteiger partial charge is 0.0570 e. The minimum Gasteiger partial charge on any atom is -0.393 e.